The lowest BCUT2D eigenvalue weighted by molar-refractivity contribution is -0.159. The van der Waals surface area contributed by atoms with Gasteiger partial charge in [-0.2, -0.15) is 0 Å². The summed E-state index contributed by atoms with van der Waals surface area (Å²) in [6, 6.07) is 3.12. The highest BCUT2D eigenvalue weighted by Crippen LogP contribution is 2.57. The minimum atomic E-state index is -2.72. The maximum Gasteiger partial charge on any atom is 0.259 e. The van der Waals surface area contributed by atoms with E-state index in [1.54, 1.807) is 14.1 Å². The molecule has 0 aromatic heterocycles. The van der Waals surface area contributed by atoms with Crippen LogP contribution in [-0.2, 0) is 20.0 Å². The Balaban J connectivity index is 1.65. The van der Waals surface area contributed by atoms with Crippen LogP contribution in [0.1, 0.15) is 37.3 Å². The van der Waals surface area contributed by atoms with Crippen molar-refractivity contribution in [2.45, 2.75) is 43.4 Å². The van der Waals surface area contributed by atoms with Gasteiger partial charge < -0.3 is 30.8 Å². The normalized spacial score (nSPS) is 33.4. The van der Waals surface area contributed by atoms with Crippen LogP contribution >= 0.6 is 0 Å². The summed E-state index contributed by atoms with van der Waals surface area (Å²) in [6.07, 6.45) is 1.78. The van der Waals surface area contributed by atoms with Gasteiger partial charge in [0.05, 0.1) is 23.9 Å². The summed E-state index contributed by atoms with van der Waals surface area (Å²) in [6.45, 7) is 3.11. The minimum Gasteiger partial charge on any atom is -0.508 e. The number of aromatic hydroxyl groups is 1. The molecular weight excluding hydrogens is 494 g/mol. The lowest BCUT2D eigenvalue weighted by atomic mass is 9.54. The van der Waals surface area contributed by atoms with E-state index in [-0.39, 0.29) is 35.5 Å². The number of phenolic OH excluding ortho intramolecular Hbond substituents is 1. The molecule has 2 fully saturated rings. The fourth-order valence-electron chi connectivity index (χ4n) is 6.70. The first-order valence-electron chi connectivity index (χ1n) is 12.7. The van der Waals surface area contributed by atoms with Crippen LogP contribution in [0.5, 0.6) is 5.75 Å². The molecule has 204 valence electrons. The van der Waals surface area contributed by atoms with Gasteiger partial charge in [0.15, 0.2) is 11.4 Å². The number of aliphatic hydroxyl groups is 4. The van der Waals surface area contributed by atoms with E-state index in [9.17, 15) is 39.9 Å². The average Bonchev–Trinajstić information content (AvgIpc) is 3.37. The Bertz CT molecular complexity index is 1290. The van der Waals surface area contributed by atoms with Gasteiger partial charge in [0, 0.05) is 17.4 Å². The Hall–Kier alpha value is -3.25. The summed E-state index contributed by atoms with van der Waals surface area (Å²) in [7, 11) is 3.12. The molecule has 5 atom stereocenters. The van der Waals surface area contributed by atoms with Gasteiger partial charge in [-0.1, -0.05) is 12.1 Å². The summed E-state index contributed by atoms with van der Waals surface area (Å²) in [5.41, 5.74) is -5.54. The van der Waals surface area contributed by atoms with Gasteiger partial charge in [-0.05, 0) is 65.0 Å². The number of rotatable bonds is 4. The smallest absolute Gasteiger partial charge is 0.259 e. The highest BCUT2D eigenvalue weighted by atomic mass is 16.3. The van der Waals surface area contributed by atoms with Crippen LogP contribution in [0.3, 0.4) is 0 Å². The number of fused-ring (bicyclic) bond motifs is 3. The number of ketones is 2. The maximum atomic E-state index is 14.0. The predicted molar refractivity (Wildman–Crippen MR) is 135 cm³/mol. The zero-order valence-electron chi connectivity index (χ0n) is 21.6. The number of benzene rings is 1. The van der Waals surface area contributed by atoms with Gasteiger partial charge in [-0.3, -0.25) is 24.2 Å². The zero-order chi connectivity index (χ0) is 27.7. The average molecular weight is 528 g/mol. The summed E-state index contributed by atoms with van der Waals surface area (Å²) in [4.78, 5) is 44.3. The summed E-state index contributed by atoms with van der Waals surface area (Å²) in [5.74, 6) is -7.17. The second-order valence-electron chi connectivity index (χ2n) is 11.1. The summed E-state index contributed by atoms with van der Waals surface area (Å²) >= 11 is 0. The molecule has 1 amide bonds. The van der Waals surface area contributed by atoms with Gasteiger partial charge in [0.1, 0.15) is 22.8 Å². The number of hydrogen-bond donors (Lipinski definition) is 6. The topological polar surface area (TPSA) is 171 Å². The molecular formula is C27H33N3O8. The molecule has 1 aliphatic heterocycles. The van der Waals surface area contributed by atoms with Crippen LogP contribution in [0.4, 0.5) is 0 Å². The maximum absolute atomic E-state index is 14.0. The second kappa shape index (κ2) is 8.91. The van der Waals surface area contributed by atoms with Crippen molar-refractivity contribution in [3.05, 3.63) is 46.2 Å². The van der Waals surface area contributed by atoms with Crippen molar-refractivity contribution in [2.75, 3.05) is 33.9 Å². The van der Waals surface area contributed by atoms with E-state index in [2.05, 4.69) is 5.32 Å². The molecule has 1 aromatic rings. The second-order valence-corrected chi connectivity index (χ2v) is 11.1. The van der Waals surface area contributed by atoms with Crippen molar-refractivity contribution in [3.63, 3.8) is 0 Å². The van der Waals surface area contributed by atoms with Crippen molar-refractivity contribution in [3.8, 4) is 5.75 Å². The largest absolute Gasteiger partial charge is 0.508 e. The molecule has 1 heterocycles. The number of phenols is 1. The third kappa shape index (κ3) is 3.53. The Morgan fingerprint density at radius 2 is 1.79 bits per heavy atom. The summed E-state index contributed by atoms with van der Waals surface area (Å²) in [5, 5.41) is 59.0. The predicted octanol–water partition coefficient (Wildman–Crippen LogP) is 0.313. The van der Waals surface area contributed by atoms with Crippen LogP contribution in [-0.4, -0.2) is 98.3 Å². The van der Waals surface area contributed by atoms with Crippen molar-refractivity contribution in [1.29, 1.82) is 0 Å². The molecule has 1 aromatic carbocycles. The number of carbonyl (C=O) groups excluding carboxylic acids is 3. The summed E-state index contributed by atoms with van der Waals surface area (Å²) < 4.78 is 0. The standard InChI is InChI=1S/C27H33N3O8/c1-26(37)13-7-6-8-16(31)17(13)21(32)18-14(26)11-15-20(29(2)3)22(33)19(24(35)27(15,38)23(18)34)25(36)28-12-30-9-4-5-10-30/h6-8,14-15,20,31-32,35,37-38H,4-5,9-12H2,1-3H3,(H,28,36)/t14?,15-,20?,26+,27-/m0/s1. The zero-order valence-corrected chi connectivity index (χ0v) is 21.6. The van der Waals surface area contributed by atoms with E-state index in [1.165, 1.54) is 30.0 Å². The van der Waals surface area contributed by atoms with Crippen LogP contribution in [0.15, 0.2) is 35.1 Å². The Labute approximate surface area is 219 Å². The molecule has 6 N–H and O–H groups in total. The number of nitrogens with one attached hydrogen (secondary N) is 1. The third-order valence-electron chi connectivity index (χ3n) is 8.66. The Kier molecular flexibility index (Phi) is 6.18. The van der Waals surface area contributed by atoms with Crippen molar-refractivity contribution in [1.82, 2.24) is 15.1 Å². The lowest BCUT2D eigenvalue weighted by Crippen LogP contribution is -2.67. The first-order valence-corrected chi connectivity index (χ1v) is 12.7. The molecule has 0 spiro atoms. The number of carbonyl (C=O) groups is 3. The molecule has 1 saturated carbocycles. The molecule has 38 heavy (non-hydrogen) atoms. The molecule has 1 saturated heterocycles. The SMILES string of the molecule is CN(C)C1C(=O)C(C(=O)NCN2CCCC2)=C(O)[C@@]2(O)C(=O)C3=C(O)c4c(O)cccc4[C@@](C)(O)C3C[C@@H]12. The fourth-order valence-corrected chi connectivity index (χ4v) is 6.70. The Morgan fingerprint density at radius 3 is 2.42 bits per heavy atom. The van der Waals surface area contributed by atoms with Crippen molar-refractivity contribution in [2.24, 2.45) is 11.8 Å². The van der Waals surface area contributed by atoms with Gasteiger partial charge in [-0.15, -0.1) is 0 Å². The van der Waals surface area contributed by atoms with E-state index in [1.807, 2.05) is 4.90 Å². The molecule has 0 bridgehead atoms. The first kappa shape index (κ1) is 26.4. The van der Waals surface area contributed by atoms with Gasteiger partial charge >= 0.3 is 0 Å². The molecule has 3 aliphatic carbocycles. The monoisotopic (exact) mass is 527 g/mol. The van der Waals surface area contributed by atoms with Crippen LogP contribution < -0.4 is 5.32 Å². The molecule has 5 rings (SSSR count). The number of likely N-dealkylation sites (tertiary alicyclic amines) is 1. The van der Waals surface area contributed by atoms with E-state index in [0.29, 0.717) is 0 Å². The highest BCUT2D eigenvalue weighted by molar-refractivity contribution is 6.25. The van der Waals surface area contributed by atoms with Crippen LogP contribution in [0, 0.1) is 11.8 Å². The molecule has 0 radical (unpaired) electrons. The van der Waals surface area contributed by atoms with Crippen LogP contribution in [0.25, 0.3) is 5.76 Å². The van der Waals surface area contributed by atoms with E-state index >= 15 is 0 Å². The molecule has 4 aliphatic rings. The van der Waals surface area contributed by atoms with Gasteiger partial charge in [-0.25, -0.2) is 0 Å². The number of nitrogens with zero attached hydrogens (tertiary/aromatic N) is 2. The molecule has 2 unspecified atom stereocenters. The number of amides is 1. The number of likely N-dealkylation sites (N-methyl/N-ethyl adjacent to an activating group) is 1. The third-order valence-corrected chi connectivity index (χ3v) is 8.66. The fraction of sp³-hybridized carbons (Fsp3) is 0.519. The molecule has 11 heteroatoms. The number of aliphatic hydroxyl groups excluding tert-OH is 2. The van der Waals surface area contributed by atoms with Crippen molar-refractivity contribution < 1.29 is 39.9 Å². The lowest BCUT2D eigenvalue weighted by Gasteiger charge is -2.53. The highest BCUT2D eigenvalue weighted by Gasteiger charge is 2.66. The van der Waals surface area contributed by atoms with E-state index < -0.39 is 63.6 Å². The van der Waals surface area contributed by atoms with Gasteiger partial charge in [0.2, 0.25) is 5.78 Å². The molecule has 11 nitrogen and oxygen atoms in total. The first-order chi connectivity index (χ1) is 17.8. The van der Waals surface area contributed by atoms with Crippen LogP contribution in [0.2, 0.25) is 0 Å². The van der Waals surface area contributed by atoms with Gasteiger partial charge in [0.25, 0.3) is 5.91 Å². The van der Waals surface area contributed by atoms with E-state index in [0.717, 1.165) is 25.9 Å². The number of Topliss-reactive ketones (excluding diaryl/α,β-unsaturated/α-hetero) is 2. The Morgan fingerprint density at radius 1 is 1.13 bits per heavy atom. The number of hydrogen-bond acceptors (Lipinski definition) is 10. The quantitative estimate of drug-likeness (QED) is 0.300. The van der Waals surface area contributed by atoms with E-state index in [4.69, 9.17) is 0 Å². The minimum absolute atomic E-state index is 0.137. The van der Waals surface area contributed by atoms with Crippen molar-refractivity contribution >= 4 is 23.2 Å².